The number of aryl methyl sites for hydroxylation is 1. The number of benzene rings is 2. The number of thioether (sulfide) groups is 1. The smallest absolute Gasteiger partial charge is 0.260 e. The summed E-state index contributed by atoms with van der Waals surface area (Å²) in [4.78, 5) is 24.0. The van der Waals surface area contributed by atoms with Crippen LogP contribution in [0.25, 0.3) is 21.6 Å². The van der Waals surface area contributed by atoms with E-state index in [1.807, 2.05) is 48.5 Å². The molecule has 1 aliphatic carbocycles. The lowest BCUT2D eigenvalue weighted by molar-refractivity contribution is 0.344. The van der Waals surface area contributed by atoms with Gasteiger partial charge in [-0.15, -0.1) is 23.1 Å². The fourth-order valence-corrected chi connectivity index (χ4v) is 6.28. The van der Waals surface area contributed by atoms with Gasteiger partial charge in [-0.3, -0.25) is 4.79 Å². The van der Waals surface area contributed by atoms with Gasteiger partial charge in [0.1, 0.15) is 16.4 Å². The first kappa shape index (κ1) is 21.6. The van der Waals surface area contributed by atoms with E-state index in [2.05, 4.69) is 11.9 Å². The Morgan fingerprint density at radius 3 is 2.75 bits per heavy atom. The van der Waals surface area contributed by atoms with Crippen LogP contribution in [0.2, 0.25) is 5.02 Å². The van der Waals surface area contributed by atoms with Gasteiger partial charge in [-0.2, -0.15) is 0 Å². The van der Waals surface area contributed by atoms with Gasteiger partial charge in [-0.05, 0) is 79.3 Å². The van der Waals surface area contributed by atoms with Crippen molar-refractivity contribution in [2.24, 2.45) is 5.92 Å². The fourth-order valence-electron chi connectivity index (χ4n) is 4.04. The third-order valence-electron chi connectivity index (χ3n) is 5.73. The Bertz CT molecular complexity index is 1300. The van der Waals surface area contributed by atoms with Crippen molar-refractivity contribution in [2.45, 2.75) is 31.1 Å². The van der Waals surface area contributed by atoms with E-state index in [1.165, 1.54) is 15.3 Å². The molecule has 4 aromatic rings. The van der Waals surface area contributed by atoms with Crippen molar-refractivity contribution in [1.82, 2.24) is 9.97 Å². The number of halogens is 1. The van der Waals surface area contributed by atoms with Crippen LogP contribution in [0.5, 0.6) is 5.75 Å². The fraction of sp³-hybridized carbons (Fsp3) is 0.280. The highest BCUT2D eigenvalue weighted by Crippen LogP contribution is 2.36. The normalized spacial score (nSPS) is 15.6. The Morgan fingerprint density at radius 2 is 1.97 bits per heavy atom. The van der Waals surface area contributed by atoms with Crippen molar-refractivity contribution in [3.05, 3.63) is 74.3 Å². The van der Waals surface area contributed by atoms with Crippen molar-refractivity contribution in [1.29, 1.82) is 0 Å². The second kappa shape index (κ2) is 9.30. The Kier molecular flexibility index (Phi) is 6.26. The molecule has 1 N–H and O–H groups in total. The molecule has 0 unspecified atom stereocenters. The third-order valence-corrected chi connectivity index (χ3v) is 8.10. The van der Waals surface area contributed by atoms with E-state index in [0.29, 0.717) is 18.3 Å². The van der Waals surface area contributed by atoms with Crippen molar-refractivity contribution in [2.75, 3.05) is 12.4 Å². The zero-order valence-corrected chi connectivity index (χ0v) is 20.1. The Labute approximate surface area is 200 Å². The molecule has 5 rings (SSSR count). The summed E-state index contributed by atoms with van der Waals surface area (Å²) in [5.41, 5.74) is 2.06. The monoisotopic (exact) mass is 482 g/mol. The first-order valence-corrected chi connectivity index (χ1v) is 12.9. The lowest BCUT2D eigenvalue weighted by atomic mass is 9.89. The number of rotatable bonds is 6. The predicted octanol–water partition coefficient (Wildman–Crippen LogP) is 6.60. The molecule has 0 amide bonds. The molecular formula is C25H23ClN2O2S2. The number of aromatic amines is 1. The summed E-state index contributed by atoms with van der Waals surface area (Å²) in [5, 5.41) is 1.53. The maximum Gasteiger partial charge on any atom is 0.260 e. The Hall–Kier alpha value is -2.28. The molecule has 164 valence electrons. The summed E-state index contributed by atoms with van der Waals surface area (Å²) in [6, 6.07) is 15.5. The van der Waals surface area contributed by atoms with Gasteiger partial charge in [0, 0.05) is 26.1 Å². The minimum atomic E-state index is -0.0309. The number of nitrogens with one attached hydrogen (secondary N) is 1. The number of ether oxygens (including phenoxy) is 1. The highest BCUT2D eigenvalue weighted by Gasteiger charge is 2.23. The van der Waals surface area contributed by atoms with E-state index in [9.17, 15) is 4.79 Å². The molecule has 0 fully saturated rings. The molecule has 4 nitrogen and oxygen atoms in total. The second-order valence-corrected chi connectivity index (χ2v) is 10.8. The van der Waals surface area contributed by atoms with Crippen molar-refractivity contribution in [3.8, 4) is 17.1 Å². The van der Waals surface area contributed by atoms with Crippen LogP contribution >= 0.6 is 34.7 Å². The predicted molar refractivity (Wildman–Crippen MR) is 135 cm³/mol. The van der Waals surface area contributed by atoms with Crippen LogP contribution in [-0.4, -0.2) is 22.3 Å². The minimum Gasteiger partial charge on any atom is -0.493 e. The molecule has 2 aromatic carbocycles. The van der Waals surface area contributed by atoms with Crippen molar-refractivity contribution in [3.63, 3.8) is 0 Å². The highest BCUT2D eigenvalue weighted by molar-refractivity contribution is 7.99. The molecule has 2 heterocycles. The summed E-state index contributed by atoms with van der Waals surface area (Å²) >= 11 is 9.33. The number of hydrogen-bond acceptors (Lipinski definition) is 5. The first-order valence-electron chi connectivity index (χ1n) is 10.7. The number of thiophene rings is 1. The number of nitrogens with zero attached hydrogens (tertiary/aromatic N) is 1. The van der Waals surface area contributed by atoms with Crippen molar-refractivity contribution < 1.29 is 4.74 Å². The maximum absolute atomic E-state index is 12.8. The molecule has 32 heavy (non-hydrogen) atoms. The standard InChI is InChI=1S/C25H23ClN2O2S2/c1-15-2-11-20-21(14-15)32-25-22(20)24(29)27-23(28-25)16-3-7-18(8-4-16)30-12-13-31-19-9-5-17(26)6-10-19/h3-10,15H,2,11-14H2,1H3,(H,27,28,29)/t15-/m1/s1. The molecular weight excluding hydrogens is 460 g/mol. The van der Waals surface area contributed by atoms with Crippen LogP contribution in [0.4, 0.5) is 0 Å². The number of hydrogen-bond donors (Lipinski definition) is 1. The molecule has 0 spiro atoms. The van der Waals surface area contributed by atoms with Gasteiger partial charge in [0.05, 0.1) is 12.0 Å². The Morgan fingerprint density at radius 1 is 1.19 bits per heavy atom. The number of H-pyrrole nitrogens is 1. The van der Waals surface area contributed by atoms with Gasteiger partial charge < -0.3 is 9.72 Å². The van der Waals surface area contributed by atoms with E-state index in [-0.39, 0.29) is 5.56 Å². The first-order chi connectivity index (χ1) is 15.6. The lowest BCUT2D eigenvalue weighted by Crippen LogP contribution is -2.13. The summed E-state index contributed by atoms with van der Waals surface area (Å²) < 4.78 is 5.86. The van der Waals surface area contributed by atoms with Crippen LogP contribution in [0.1, 0.15) is 23.8 Å². The van der Waals surface area contributed by atoms with E-state index < -0.39 is 0 Å². The largest absolute Gasteiger partial charge is 0.493 e. The van der Waals surface area contributed by atoms with E-state index in [0.717, 1.165) is 51.6 Å². The summed E-state index contributed by atoms with van der Waals surface area (Å²) in [7, 11) is 0. The molecule has 2 aromatic heterocycles. The molecule has 1 aliphatic rings. The van der Waals surface area contributed by atoms with Gasteiger partial charge in [-0.1, -0.05) is 18.5 Å². The van der Waals surface area contributed by atoms with Gasteiger partial charge in [0.15, 0.2) is 0 Å². The number of aromatic nitrogens is 2. The molecule has 0 aliphatic heterocycles. The van der Waals surface area contributed by atoms with Crippen LogP contribution < -0.4 is 10.3 Å². The minimum absolute atomic E-state index is 0.0309. The third kappa shape index (κ3) is 4.58. The van der Waals surface area contributed by atoms with Gasteiger partial charge >= 0.3 is 0 Å². The highest BCUT2D eigenvalue weighted by atomic mass is 35.5. The Balaban J connectivity index is 1.26. The summed E-state index contributed by atoms with van der Waals surface area (Å²) in [5.74, 6) is 2.93. The maximum atomic E-state index is 12.8. The van der Waals surface area contributed by atoms with E-state index in [1.54, 1.807) is 23.1 Å². The summed E-state index contributed by atoms with van der Waals surface area (Å²) in [6.45, 7) is 2.88. The molecule has 0 radical (unpaired) electrons. The molecule has 0 saturated carbocycles. The van der Waals surface area contributed by atoms with Crippen LogP contribution in [0, 0.1) is 5.92 Å². The van der Waals surface area contributed by atoms with Crippen LogP contribution in [0.3, 0.4) is 0 Å². The van der Waals surface area contributed by atoms with Crippen molar-refractivity contribution >= 4 is 44.9 Å². The van der Waals surface area contributed by atoms with Gasteiger partial charge in [0.2, 0.25) is 0 Å². The van der Waals surface area contributed by atoms with Crippen LogP contribution in [0.15, 0.2) is 58.2 Å². The van der Waals surface area contributed by atoms with Gasteiger partial charge in [-0.25, -0.2) is 4.98 Å². The molecule has 7 heteroatoms. The average molecular weight is 483 g/mol. The quantitative estimate of drug-likeness (QED) is 0.248. The van der Waals surface area contributed by atoms with E-state index >= 15 is 0 Å². The van der Waals surface area contributed by atoms with Gasteiger partial charge in [0.25, 0.3) is 5.56 Å². The molecule has 1 atom stereocenters. The average Bonchev–Trinajstić information content (AvgIpc) is 3.16. The molecule has 0 saturated heterocycles. The SMILES string of the molecule is C[C@@H]1CCc2c(sc3nc(-c4ccc(OCCSc5ccc(Cl)cc5)cc4)[nH]c(=O)c23)C1. The second-order valence-electron chi connectivity index (χ2n) is 8.12. The van der Waals surface area contributed by atoms with E-state index in [4.69, 9.17) is 21.3 Å². The zero-order chi connectivity index (χ0) is 22.1. The summed E-state index contributed by atoms with van der Waals surface area (Å²) in [6.07, 6.45) is 3.16. The molecule has 0 bridgehead atoms. The zero-order valence-electron chi connectivity index (χ0n) is 17.7. The lowest BCUT2D eigenvalue weighted by Gasteiger charge is -2.17. The number of fused-ring (bicyclic) bond motifs is 3. The van der Waals surface area contributed by atoms with Crippen LogP contribution in [-0.2, 0) is 12.8 Å². The topological polar surface area (TPSA) is 55.0 Å².